The van der Waals surface area contributed by atoms with Crippen LogP contribution in [0.5, 0.6) is 0 Å². The lowest BCUT2D eigenvalue weighted by Gasteiger charge is -2.26. The third-order valence-corrected chi connectivity index (χ3v) is 15.0. The summed E-state index contributed by atoms with van der Waals surface area (Å²) >= 11 is 0. The summed E-state index contributed by atoms with van der Waals surface area (Å²) in [6, 6.07) is 73.2. The second-order valence-corrected chi connectivity index (χ2v) is 20.1. The maximum Gasteiger partial charge on any atom is 0.135 e. The van der Waals surface area contributed by atoms with Crippen LogP contribution in [-0.4, -0.2) is 7.05 Å². The van der Waals surface area contributed by atoms with Gasteiger partial charge in [-0.25, -0.2) is 13.2 Å². The van der Waals surface area contributed by atoms with E-state index in [1.54, 1.807) is 36.4 Å². The minimum absolute atomic E-state index is 0.297. The minimum Gasteiger partial charge on any atom is -0.456 e. The van der Waals surface area contributed by atoms with Crippen LogP contribution in [0, 0.1) is 31.3 Å². The van der Waals surface area contributed by atoms with Gasteiger partial charge in [-0.3, -0.25) is 0 Å². The first kappa shape index (κ1) is 47.3. The van der Waals surface area contributed by atoms with Crippen LogP contribution in [0.25, 0.3) is 65.8 Å². The van der Waals surface area contributed by atoms with E-state index in [0.717, 1.165) is 112 Å². The molecule has 14 rings (SSSR count). The van der Waals surface area contributed by atoms with Crippen LogP contribution in [0.15, 0.2) is 244 Å². The van der Waals surface area contributed by atoms with Crippen molar-refractivity contribution < 1.29 is 26.4 Å². The maximum absolute atomic E-state index is 14.8. The van der Waals surface area contributed by atoms with Crippen LogP contribution in [-0.2, 0) is 0 Å². The van der Waals surface area contributed by atoms with Gasteiger partial charge in [-0.2, -0.15) is 0 Å². The first-order valence-electron chi connectivity index (χ1n) is 26.0. The summed E-state index contributed by atoms with van der Waals surface area (Å²) in [5.41, 5.74) is 16.3. The lowest BCUT2D eigenvalue weighted by atomic mass is 10.1. The van der Waals surface area contributed by atoms with Crippen LogP contribution < -0.4 is 19.6 Å². The van der Waals surface area contributed by atoms with Gasteiger partial charge in [0, 0.05) is 102 Å². The van der Waals surface area contributed by atoms with E-state index in [1.165, 1.54) is 47.5 Å². The first-order chi connectivity index (χ1) is 38.5. The predicted molar refractivity (Wildman–Crippen MR) is 316 cm³/mol. The van der Waals surface area contributed by atoms with Crippen molar-refractivity contribution in [1.82, 2.24) is 0 Å². The summed E-state index contributed by atoms with van der Waals surface area (Å²) in [6.45, 7) is 4.18. The fraction of sp³-hybridized carbons (Fsp3) is 0.0435. The predicted octanol–water partition coefficient (Wildman–Crippen LogP) is 20.6. The molecule has 0 N–H and O–H groups in total. The van der Waals surface area contributed by atoms with Crippen molar-refractivity contribution in [3.05, 3.63) is 259 Å². The van der Waals surface area contributed by atoms with Gasteiger partial charge in [-0.05, 0) is 220 Å². The third-order valence-electron chi connectivity index (χ3n) is 15.0. The smallest absolute Gasteiger partial charge is 0.135 e. The molecule has 11 aromatic carbocycles. The quantitative estimate of drug-likeness (QED) is 0.128. The molecule has 0 fully saturated rings. The molecule has 0 unspecified atom stereocenters. The molecule has 79 heavy (non-hydrogen) atoms. The van der Waals surface area contributed by atoms with Crippen molar-refractivity contribution in [2.45, 2.75) is 13.8 Å². The average molecular weight is 1040 g/mol. The Morgan fingerprint density at radius 2 is 0.443 bits per heavy atom. The molecule has 3 heterocycles. The summed E-state index contributed by atoms with van der Waals surface area (Å²) in [7, 11) is 1.95. The van der Waals surface area contributed by atoms with Crippen LogP contribution in [0.3, 0.4) is 0 Å². The van der Waals surface area contributed by atoms with Crippen molar-refractivity contribution in [3.63, 3.8) is 0 Å². The van der Waals surface area contributed by atoms with E-state index >= 15 is 0 Å². The number of nitrogens with zero attached hydrogens (tertiary/aromatic N) is 4. The molecule has 0 bridgehead atoms. The normalized spacial score (nSPS) is 11.7. The van der Waals surface area contributed by atoms with Gasteiger partial charge in [0.05, 0.1) is 0 Å². The Labute approximate surface area is 452 Å². The molecule has 0 aliphatic carbocycles. The lowest BCUT2D eigenvalue weighted by Crippen LogP contribution is -2.10. The Morgan fingerprint density at radius 1 is 0.241 bits per heavy atom. The van der Waals surface area contributed by atoms with Crippen LogP contribution in [0.1, 0.15) is 11.1 Å². The lowest BCUT2D eigenvalue weighted by molar-refractivity contribution is 0.627. The average Bonchev–Trinajstić information content (AvgIpc) is 4.17. The third kappa shape index (κ3) is 8.51. The first-order valence-corrected chi connectivity index (χ1v) is 26.0. The molecule has 3 aromatic heterocycles. The van der Waals surface area contributed by atoms with Gasteiger partial charge in [0.1, 0.15) is 50.9 Å². The Hall–Kier alpha value is -10.2. The molecule has 7 nitrogen and oxygen atoms in total. The van der Waals surface area contributed by atoms with Crippen molar-refractivity contribution in [2.75, 3.05) is 26.6 Å². The van der Waals surface area contributed by atoms with Gasteiger partial charge in [0.15, 0.2) is 0 Å². The standard InChI is InChI=1S/C69H47F3N4O3/c1-42-4-14-48(15-5-42)74(49-16-6-43(2)7-17-49)53-25-31-66-60(37-53)61-39-55(27-33-67(61)78-66)76(51-22-12-46(72)13-23-51)57-29-35-69-63(41-57)62-40-56(28-34-68(62)79-69)75(50-20-10-45(71)11-21-50)54-26-32-65-59(38-54)58-36-52(24-30-64(58)77-65)73(3)47-18-8-44(70)9-19-47/h4-41H,1-3H3. The Bertz CT molecular complexity index is 4580. The number of benzene rings is 11. The van der Waals surface area contributed by atoms with E-state index in [1.807, 2.05) is 78.7 Å². The van der Waals surface area contributed by atoms with E-state index in [2.05, 4.69) is 120 Å². The highest BCUT2D eigenvalue weighted by molar-refractivity contribution is 6.11. The zero-order valence-electron chi connectivity index (χ0n) is 43.1. The van der Waals surface area contributed by atoms with Crippen LogP contribution >= 0.6 is 0 Å². The van der Waals surface area contributed by atoms with Gasteiger partial charge in [0.2, 0.25) is 0 Å². The Balaban J connectivity index is 0.882. The molecule has 10 heteroatoms. The fourth-order valence-electron chi connectivity index (χ4n) is 10.9. The molecular weight excluding hydrogens is 990 g/mol. The molecule has 0 atom stereocenters. The topological polar surface area (TPSA) is 52.4 Å². The highest BCUT2D eigenvalue weighted by Crippen LogP contribution is 2.46. The number of aryl methyl sites for hydroxylation is 2. The van der Waals surface area contributed by atoms with Gasteiger partial charge in [0.25, 0.3) is 0 Å². The minimum atomic E-state index is -0.347. The molecule has 0 aliphatic rings. The molecule has 14 aromatic rings. The molecule has 0 aliphatic heterocycles. The summed E-state index contributed by atoms with van der Waals surface area (Å²) in [6.07, 6.45) is 0. The summed E-state index contributed by atoms with van der Waals surface area (Å²) in [5, 5.41) is 5.40. The number of hydrogen-bond donors (Lipinski definition) is 0. The van der Waals surface area contributed by atoms with Crippen molar-refractivity contribution >= 4 is 128 Å². The van der Waals surface area contributed by atoms with E-state index in [9.17, 15) is 13.2 Å². The van der Waals surface area contributed by atoms with Crippen molar-refractivity contribution in [3.8, 4) is 0 Å². The van der Waals surface area contributed by atoms with E-state index in [-0.39, 0.29) is 17.5 Å². The number of anilines is 11. The van der Waals surface area contributed by atoms with Gasteiger partial charge < -0.3 is 32.9 Å². The van der Waals surface area contributed by atoms with E-state index in [4.69, 9.17) is 13.3 Å². The van der Waals surface area contributed by atoms with Gasteiger partial charge >= 0.3 is 0 Å². The second-order valence-electron chi connectivity index (χ2n) is 20.1. The molecule has 382 valence electrons. The molecule has 0 saturated heterocycles. The highest BCUT2D eigenvalue weighted by atomic mass is 19.1. The van der Waals surface area contributed by atoms with Crippen molar-refractivity contribution in [2.24, 2.45) is 0 Å². The number of furan rings is 3. The molecular formula is C69H47F3N4O3. The zero-order chi connectivity index (χ0) is 53.5. The molecule has 0 radical (unpaired) electrons. The summed E-state index contributed by atoms with van der Waals surface area (Å²) in [5.74, 6) is -0.984. The van der Waals surface area contributed by atoms with Crippen LogP contribution in [0.4, 0.5) is 75.7 Å². The molecule has 0 amide bonds. The largest absolute Gasteiger partial charge is 0.456 e. The van der Waals surface area contributed by atoms with Crippen molar-refractivity contribution in [1.29, 1.82) is 0 Å². The maximum atomic E-state index is 14.8. The van der Waals surface area contributed by atoms with Crippen LogP contribution in [0.2, 0.25) is 0 Å². The summed E-state index contributed by atoms with van der Waals surface area (Å²) in [4.78, 5) is 8.47. The second kappa shape index (κ2) is 18.8. The van der Waals surface area contributed by atoms with Gasteiger partial charge in [-0.1, -0.05) is 35.4 Å². The Kier molecular flexibility index (Phi) is 11.3. The number of fused-ring (bicyclic) bond motifs is 9. The number of hydrogen-bond acceptors (Lipinski definition) is 7. The number of halogens is 3. The SMILES string of the molecule is Cc1ccc(N(c2ccc(C)cc2)c2ccc3oc4ccc(N(c5ccc(F)cc5)c5ccc6oc7ccc(N(c8ccc(F)cc8)c8ccc9oc%10ccc(N(C)c%11ccc(F)cc%11)cc%10c9c8)cc7c6c5)cc4c3c2)cc1. The number of rotatable bonds is 11. The van der Waals surface area contributed by atoms with Gasteiger partial charge in [-0.15, -0.1) is 0 Å². The highest BCUT2D eigenvalue weighted by Gasteiger charge is 2.22. The zero-order valence-corrected chi connectivity index (χ0v) is 43.1. The Morgan fingerprint density at radius 3 is 0.722 bits per heavy atom. The molecule has 0 saturated carbocycles. The fourth-order valence-corrected chi connectivity index (χ4v) is 10.9. The van der Waals surface area contributed by atoms with E-state index < -0.39 is 0 Å². The molecule has 0 spiro atoms. The monoisotopic (exact) mass is 1040 g/mol. The van der Waals surface area contributed by atoms with E-state index in [0.29, 0.717) is 16.7 Å². The summed E-state index contributed by atoms with van der Waals surface area (Å²) < 4.78 is 62.7.